The third-order valence-corrected chi connectivity index (χ3v) is 4.14. The first-order chi connectivity index (χ1) is 13.5. The van der Waals surface area contributed by atoms with E-state index in [0.29, 0.717) is 11.4 Å². The molecule has 0 saturated carbocycles. The summed E-state index contributed by atoms with van der Waals surface area (Å²) in [4.78, 5) is 41.4. The van der Waals surface area contributed by atoms with Crippen LogP contribution in [-0.4, -0.2) is 27.0 Å². The minimum absolute atomic E-state index is 0.217. The summed E-state index contributed by atoms with van der Waals surface area (Å²) in [6, 6.07) is 8.04. The number of hydrogen-bond acceptors (Lipinski definition) is 6. The lowest BCUT2D eigenvalue weighted by Crippen LogP contribution is -2.14. The Labute approximate surface area is 162 Å². The summed E-state index contributed by atoms with van der Waals surface area (Å²) in [6.45, 7) is 6.03. The fourth-order valence-electron chi connectivity index (χ4n) is 2.61. The van der Waals surface area contributed by atoms with Gasteiger partial charge >= 0.3 is 6.15 Å². The highest BCUT2D eigenvalue weighted by Crippen LogP contribution is 2.23. The van der Waals surface area contributed by atoms with Gasteiger partial charge in [0.05, 0.1) is 18.1 Å². The van der Waals surface area contributed by atoms with Crippen LogP contribution in [0.15, 0.2) is 49.1 Å². The van der Waals surface area contributed by atoms with E-state index in [9.17, 15) is 4.79 Å². The first kappa shape index (κ1) is 20.6. The number of anilines is 1. The summed E-state index contributed by atoms with van der Waals surface area (Å²) < 4.78 is 0. The van der Waals surface area contributed by atoms with Crippen molar-refractivity contribution < 1.29 is 14.4 Å². The number of pyridine rings is 1. The number of aryl methyl sites for hydroxylation is 3. The molecule has 28 heavy (non-hydrogen) atoms. The van der Waals surface area contributed by atoms with Crippen molar-refractivity contribution in [2.45, 2.75) is 27.2 Å². The molecule has 0 bridgehead atoms. The van der Waals surface area contributed by atoms with Crippen molar-refractivity contribution in [3.05, 3.63) is 71.3 Å². The Bertz CT molecular complexity index is 995. The maximum absolute atomic E-state index is 12.3. The van der Waals surface area contributed by atoms with Crippen LogP contribution >= 0.6 is 0 Å². The highest BCUT2D eigenvalue weighted by Gasteiger charge is 2.11. The first-order valence-electron chi connectivity index (χ1n) is 8.63. The molecule has 0 fully saturated rings. The zero-order chi connectivity index (χ0) is 20.5. The van der Waals surface area contributed by atoms with Gasteiger partial charge in [-0.05, 0) is 49.1 Å². The summed E-state index contributed by atoms with van der Waals surface area (Å²) in [5.41, 5.74) is 5.66. The maximum atomic E-state index is 12.3. The molecule has 1 amide bonds. The molecule has 0 saturated heterocycles. The van der Waals surface area contributed by atoms with Crippen molar-refractivity contribution in [2.75, 3.05) is 5.32 Å². The molecule has 0 spiro atoms. The topological polar surface area (TPSA) is 102 Å². The number of benzene rings is 1. The van der Waals surface area contributed by atoms with Crippen LogP contribution in [0.2, 0.25) is 0 Å². The Hall–Kier alpha value is -3.70. The summed E-state index contributed by atoms with van der Waals surface area (Å²) in [5.74, 6) is 0.209. The Morgan fingerprint density at radius 1 is 1.04 bits per heavy atom. The van der Waals surface area contributed by atoms with Crippen LogP contribution in [-0.2, 0) is 16.0 Å². The quantitative estimate of drug-likeness (QED) is 0.749. The minimum Gasteiger partial charge on any atom is -0.305 e. The van der Waals surface area contributed by atoms with E-state index in [1.807, 2.05) is 6.92 Å². The van der Waals surface area contributed by atoms with Gasteiger partial charge in [-0.1, -0.05) is 19.1 Å². The fraction of sp³-hybridized carbons (Fsp3) is 0.190. The zero-order valence-corrected chi connectivity index (χ0v) is 15.9. The van der Waals surface area contributed by atoms with Gasteiger partial charge < -0.3 is 5.32 Å². The molecule has 0 aliphatic rings. The van der Waals surface area contributed by atoms with Gasteiger partial charge in [-0.15, -0.1) is 0 Å². The molecule has 7 nitrogen and oxygen atoms in total. The van der Waals surface area contributed by atoms with Crippen LogP contribution in [0.5, 0.6) is 0 Å². The Balaban J connectivity index is 0.000000878. The van der Waals surface area contributed by atoms with Gasteiger partial charge in [0.2, 0.25) is 0 Å². The minimum atomic E-state index is -0.217. The van der Waals surface area contributed by atoms with E-state index >= 15 is 0 Å². The maximum Gasteiger partial charge on any atom is 0.373 e. The van der Waals surface area contributed by atoms with Gasteiger partial charge in [-0.3, -0.25) is 14.8 Å². The van der Waals surface area contributed by atoms with Crippen LogP contribution in [0.4, 0.5) is 5.82 Å². The van der Waals surface area contributed by atoms with Gasteiger partial charge in [-0.25, -0.2) is 4.98 Å². The molecule has 142 valence electrons. The molecule has 3 aromatic rings. The number of hydrogen-bond donors (Lipinski definition) is 1. The standard InChI is InChI=1S/C20H20N4O.CO2/c1-4-15-6-5-13(2)17(9-15)18-11-23-19(12-22-18)24-20(25)16-7-8-21-10-14(16)3;2-1-3/h5-12H,4H2,1-3H3,(H,23,24,25);. The third-order valence-electron chi connectivity index (χ3n) is 4.14. The Kier molecular flexibility index (Phi) is 7.25. The van der Waals surface area contributed by atoms with Crippen molar-refractivity contribution in [2.24, 2.45) is 0 Å². The molecule has 2 heterocycles. The van der Waals surface area contributed by atoms with Crippen LogP contribution in [0, 0.1) is 13.8 Å². The van der Waals surface area contributed by atoms with Crippen LogP contribution in [0.25, 0.3) is 11.3 Å². The number of carbonyl (C=O) groups is 1. The van der Waals surface area contributed by atoms with Crippen LogP contribution in [0.3, 0.4) is 0 Å². The molecule has 0 atom stereocenters. The second kappa shape index (κ2) is 9.85. The second-order valence-electron chi connectivity index (χ2n) is 6.02. The average Bonchev–Trinajstić information content (AvgIpc) is 2.70. The van der Waals surface area contributed by atoms with Gasteiger partial charge in [0.15, 0.2) is 5.82 Å². The summed E-state index contributed by atoms with van der Waals surface area (Å²) in [5, 5.41) is 2.77. The monoisotopic (exact) mass is 376 g/mol. The first-order valence-corrected chi connectivity index (χ1v) is 8.63. The molecule has 2 aromatic heterocycles. The van der Waals surface area contributed by atoms with Crippen molar-refractivity contribution >= 4 is 17.9 Å². The molecule has 3 rings (SSSR count). The van der Waals surface area contributed by atoms with Crippen molar-refractivity contribution in [1.29, 1.82) is 0 Å². The van der Waals surface area contributed by atoms with Gasteiger partial charge in [0, 0.05) is 23.5 Å². The molecule has 0 radical (unpaired) electrons. The largest absolute Gasteiger partial charge is 0.373 e. The van der Waals surface area contributed by atoms with Crippen molar-refractivity contribution in [3.63, 3.8) is 0 Å². The summed E-state index contributed by atoms with van der Waals surface area (Å²) >= 11 is 0. The highest BCUT2D eigenvalue weighted by atomic mass is 16.2. The lowest BCUT2D eigenvalue weighted by atomic mass is 10.0. The highest BCUT2D eigenvalue weighted by molar-refractivity contribution is 6.04. The lowest BCUT2D eigenvalue weighted by molar-refractivity contribution is -0.191. The molecule has 1 N–H and O–H groups in total. The molecular formula is C21H20N4O3. The van der Waals surface area contributed by atoms with E-state index in [1.165, 1.54) is 5.56 Å². The van der Waals surface area contributed by atoms with Gasteiger partial charge in [0.1, 0.15) is 0 Å². The SMILES string of the molecule is CCc1ccc(C)c(-c2cnc(NC(=O)c3ccncc3C)cn2)c1.O=C=O. The van der Waals surface area contributed by atoms with E-state index in [1.54, 1.807) is 30.9 Å². The third kappa shape index (κ3) is 5.16. The molecule has 0 aliphatic heterocycles. The van der Waals surface area contributed by atoms with E-state index < -0.39 is 0 Å². The predicted octanol–water partition coefficient (Wildman–Crippen LogP) is 3.39. The molecule has 7 heteroatoms. The number of amides is 1. The van der Waals surface area contributed by atoms with Crippen molar-refractivity contribution in [3.8, 4) is 11.3 Å². The van der Waals surface area contributed by atoms with Crippen molar-refractivity contribution in [1.82, 2.24) is 15.0 Å². The number of carbonyl (C=O) groups excluding carboxylic acids is 3. The van der Waals surface area contributed by atoms with E-state index in [2.05, 4.69) is 52.3 Å². The summed E-state index contributed by atoms with van der Waals surface area (Å²) in [6.07, 6.45) is 7.76. The fourth-order valence-corrected chi connectivity index (χ4v) is 2.61. The van der Waals surface area contributed by atoms with Gasteiger partial charge in [0.25, 0.3) is 5.91 Å². The van der Waals surface area contributed by atoms with E-state index in [4.69, 9.17) is 9.59 Å². The normalized spacial score (nSPS) is 9.68. The zero-order valence-electron chi connectivity index (χ0n) is 15.9. The van der Waals surface area contributed by atoms with E-state index in [-0.39, 0.29) is 12.1 Å². The lowest BCUT2D eigenvalue weighted by Gasteiger charge is -2.09. The molecule has 0 aliphatic carbocycles. The molecular weight excluding hydrogens is 356 g/mol. The molecule has 1 aromatic carbocycles. The summed E-state index contributed by atoms with van der Waals surface area (Å²) in [7, 11) is 0. The van der Waals surface area contributed by atoms with Gasteiger partial charge in [-0.2, -0.15) is 9.59 Å². The number of rotatable bonds is 4. The number of nitrogens with zero attached hydrogens (tertiary/aromatic N) is 3. The molecule has 0 unspecified atom stereocenters. The van der Waals surface area contributed by atoms with E-state index in [0.717, 1.165) is 28.8 Å². The Morgan fingerprint density at radius 3 is 2.39 bits per heavy atom. The number of aromatic nitrogens is 3. The Morgan fingerprint density at radius 2 is 1.79 bits per heavy atom. The predicted molar refractivity (Wildman–Crippen MR) is 104 cm³/mol. The average molecular weight is 376 g/mol. The van der Waals surface area contributed by atoms with Crippen LogP contribution in [0.1, 0.15) is 34.0 Å². The second-order valence-corrected chi connectivity index (χ2v) is 6.02. The van der Waals surface area contributed by atoms with Crippen LogP contribution < -0.4 is 5.32 Å². The number of nitrogens with one attached hydrogen (secondary N) is 1. The smallest absolute Gasteiger partial charge is 0.305 e.